The average Bonchev–Trinajstić information content (AvgIpc) is 2.31. The van der Waals surface area contributed by atoms with Crippen LogP contribution in [0.4, 0.5) is 0 Å². The van der Waals surface area contributed by atoms with E-state index in [1.165, 1.54) is 9.08 Å². The predicted molar refractivity (Wildman–Crippen MR) is 43.0 cm³/mol. The summed E-state index contributed by atoms with van der Waals surface area (Å²) in [6.07, 6.45) is 3.25. The van der Waals surface area contributed by atoms with Gasteiger partial charge in [0, 0.05) is 13.2 Å². The summed E-state index contributed by atoms with van der Waals surface area (Å²) in [7, 11) is 1.62. The molecule has 0 N–H and O–H groups in total. The Kier molecular flexibility index (Phi) is 1.27. The highest BCUT2D eigenvalue weighted by Crippen LogP contribution is 1.94. The second-order valence-electron chi connectivity index (χ2n) is 2.66. The summed E-state index contributed by atoms with van der Waals surface area (Å²) in [6.45, 7) is 1.83. The molecule has 0 atom stereocenters. The van der Waals surface area contributed by atoms with E-state index in [1.54, 1.807) is 19.4 Å². The zero-order valence-corrected chi connectivity index (χ0v) is 6.85. The van der Waals surface area contributed by atoms with E-state index in [-0.39, 0.29) is 5.69 Å². The van der Waals surface area contributed by atoms with Crippen molar-refractivity contribution in [2.75, 3.05) is 0 Å². The zero-order valence-electron chi connectivity index (χ0n) is 6.85. The third kappa shape index (κ3) is 0.827. The van der Waals surface area contributed by atoms with E-state index in [1.807, 2.05) is 6.92 Å². The third-order valence-corrected chi connectivity index (χ3v) is 1.68. The van der Waals surface area contributed by atoms with Crippen LogP contribution < -0.4 is 5.69 Å². The summed E-state index contributed by atoms with van der Waals surface area (Å²) in [4.78, 5) is 15.3. The van der Waals surface area contributed by atoms with Gasteiger partial charge in [-0.1, -0.05) is 0 Å². The zero-order chi connectivity index (χ0) is 8.72. The van der Waals surface area contributed by atoms with E-state index < -0.39 is 0 Å². The second-order valence-corrected chi connectivity index (χ2v) is 2.66. The molecule has 0 spiro atoms. The van der Waals surface area contributed by atoms with Crippen LogP contribution in [0.2, 0.25) is 0 Å². The minimum absolute atomic E-state index is 0.143. The highest BCUT2D eigenvalue weighted by molar-refractivity contribution is 5.32. The van der Waals surface area contributed by atoms with Crippen LogP contribution in [0.3, 0.4) is 0 Å². The van der Waals surface area contributed by atoms with Crippen LogP contribution >= 0.6 is 0 Å². The summed E-state index contributed by atoms with van der Waals surface area (Å²) in [6, 6.07) is 0. The van der Waals surface area contributed by atoms with Crippen molar-refractivity contribution in [1.29, 1.82) is 0 Å². The van der Waals surface area contributed by atoms with Crippen molar-refractivity contribution in [3.63, 3.8) is 0 Å². The first-order valence-corrected chi connectivity index (χ1v) is 3.56. The van der Waals surface area contributed by atoms with Gasteiger partial charge in [-0.05, 0) is 6.92 Å². The van der Waals surface area contributed by atoms with Crippen molar-refractivity contribution in [1.82, 2.24) is 19.2 Å². The molecule has 2 heterocycles. The Labute approximate surface area is 68.3 Å². The van der Waals surface area contributed by atoms with Gasteiger partial charge >= 0.3 is 5.69 Å². The predicted octanol–water partition coefficient (Wildman–Crippen LogP) is -0.264. The second kappa shape index (κ2) is 2.17. The fourth-order valence-electron chi connectivity index (χ4n) is 1.09. The maximum absolute atomic E-state index is 11.3. The first kappa shape index (κ1) is 7.02. The van der Waals surface area contributed by atoms with Gasteiger partial charge in [0.2, 0.25) is 0 Å². The lowest BCUT2D eigenvalue weighted by molar-refractivity contribution is 0.732. The smallest absolute Gasteiger partial charge is 0.256 e. The van der Waals surface area contributed by atoms with E-state index in [9.17, 15) is 4.79 Å². The van der Waals surface area contributed by atoms with Gasteiger partial charge < -0.3 is 0 Å². The largest absolute Gasteiger partial charge is 0.350 e. The minimum atomic E-state index is -0.143. The van der Waals surface area contributed by atoms with Crippen LogP contribution in [-0.4, -0.2) is 19.2 Å². The Hall–Kier alpha value is -1.65. The Morgan fingerprint density at radius 2 is 2.25 bits per heavy atom. The fourth-order valence-corrected chi connectivity index (χ4v) is 1.09. The summed E-state index contributed by atoms with van der Waals surface area (Å²) in [5, 5.41) is 3.96. The third-order valence-electron chi connectivity index (χ3n) is 1.68. The average molecular weight is 164 g/mol. The first-order chi connectivity index (χ1) is 5.68. The van der Waals surface area contributed by atoms with Crippen LogP contribution in [0, 0.1) is 6.92 Å². The first-order valence-electron chi connectivity index (χ1n) is 3.56. The van der Waals surface area contributed by atoms with Crippen LogP contribution in [0.1, 0.15) is 5.69 Å². The fraction of sp³-hybridized carbons (Fsp3) is 0.286. The molecule has 0 bridgehead atoms. The molecular formula is C7H8N4O. The normalized spacial score (nSPS) is 10.8. The van der Waals surface area contributed by atoms with Gasteiger partial charge in [-0.3, -0.25) is 4.98 Å². The van der Waals surface area contributed by atoms with Crippen LogP contribution in [-0.2, 0) is 7.05 Å². The SMILES string of the molecule is Cc1cn2c(=O)n(C)nc2cn1. The standard InChI is InChI=1S/C7H8N4O/c1-5-4-11-6(3-8-5)9-10(2)7(11)12/h3-4H,1-2H3. The Morgan fingerprint density at radius 1 is 1.50 bits per heavy atom. The molecule has 0 aromatic carbocycles. The summed E-state index contributed by atoms with van der Waals surface area (Å²) >= 11 is 0. The molecule has 0 aliphatic carbocycles. The van der Waals surface area contributed by atoms with Crippen molar-refractivity contribution in [3.05, 3.63) is 28.6 Å². The van der Waals surface area contributed by atoms with E-state index in [4.69, 9.17) is 0 Å². The molecule has 0 aliphatic heterocycles. The van der Waals surface area contributed by atoms with E-state index in [0.717, 1.165) is 5.69 Å². The van der Waals surface area contributed by atoms with Crippen LogP contribution in [0.25, 0.3) is 5.65 Å². The molecule has 0 unspecified atom stereocenters. The highest BCUT2D eigenvalue weighted by Gasteiger charge is 2.02. The maximum Gasteiger partial charge on any atom is 0.350 e. The molecule has 0 saturated carbocycles. The summed E-state index contributed by atoms with van der Waals surface area (Å²) < 4.78 is 2.76. The lowest BCUT2D eigenvalue weighted by Gasteiger charge is -1.90. The van der Waals surface area contributed by atoms with Gasteiger partial charge in [0.15, 0.2) is 5.65 Å². The van der Waals surface area contributed by atoms with Gasteiger partial charge in [0.1, 0.15) is 0 Å². The van der Waals surface area contributed by atoms with E-state index in [2.05, 4.69) is 10.1 Å². The molecule has 0 radical (unpaired) electrons. The molecule has 0 saturated heterocycles. The molecule has 5 heteroatoms. The molecule has 0 aliphatic rings. The highest BCUT2D eigenvalue weighted by atomic mass is 16.2. The molecule has 2 aromatic rings. The number of fused-ring (bicyclic) bond motifs is 1. The number of rotatable bonds is 0. The lowest BCUT2D eigenvalue weighted by atomic mass is 10.5. The van der Waals surface area contributed by atoms with Crippen LogP contribution in [0.15, 0.2) is 17.2 Å². The van der Waals surface area contributed by atoms with Crippen molar-refractivity contribution in [2.45, 2.75) is 6.92 Å². The van der Waals surface area contributed by atoms with E-state index >= 15 is 0 Å². The molecule has 0 fully saturated rings. The number of hydrogen-bond donors (Lipinski definition) is 0. The number of nitrogens with zero attached hydrogens (tertiary/aromatic N) is 4. The molecule has 2 rings (SSSR count). The molecule has 62 valence electrons. The number of aryl methyl sites for hydroxylation is 2. The van der Waals surface area contributed by atoms with Crippen molar-refractivity contribution in [2.24, 2.45) is 7.05 Å². The molecule has 12 heavy (non-hydrogen) atoms. The van der Waals surface area contributed by atoms with Gasteiger partial charge in [0.05, 0.1) is 11.9 Å². The van der Waals surface area contributed by atoms with Crippen molar-refractivity contribution >= 4 is 5.65 Å². The van der Waals surface area contributed by atoms with Gasteiger partial charge in [-0.2, -0.15) is 0 Å². The molecule has 2 aromatic heterocycles. The van der Waals surface area contributed by atoms with Gasteiger partial charge in [-0.25, -0.2) is 13.9 Å². The number of aromatic nitrogens is 4. The Bertz CT molecular complexity index is 482. The van der Waals surface area contributed by atoms with Crippen molar-refractivity contribution in [3.8, 4) is 0 Å². The van der Waals surface area contributed by atoms with E-state index in [0.29, 0.717) is 5.65 Å². The van der Waals surface area contributed by atoms with Crippen molar-refractivity contribution < 1.29 is 0 Å². The molecular weight excluding hydrogens is 156 g/mol. The lowest BCUT2D eigenvalue weighted by Crippen LogP contribution is -2.17. The Morgan fingerprint density at radius 3 is 3.00 bits per heavy atom. The summed E-state index contributed by atoms with van der Waals surface area (Å²) in [5.41, 5.74) is 1.24. The topological polar surface area (TPSA) is 52.2 Å². The molecule has 0 amide bonds. The summed E-state index contributed by atoms with van der Waals surface area (Å²) in [5.74, 6) is 0. The Balaban J connectivity index is 2.98. The molecule has 5 nitrogen and oxygen atoms in total. The van der Waals surface area contributed by atoms with Gasteiger partial charge in [-0.15, -0.1) is 5.10 Å². The maximum atomic E-state index is 11.3. The van der Waals surface area contributed by atoms with Gasteiger partial charge in [0.25, 0.3) is 0 Å². The quantitative estimate of drug-likeness (QED) is 0.539. The monoisotopic (exact) mass is 164 g/mol. The number of hydrogen-bond acceptors (Lipinski definition) is 3. The van der Waals surface area contributed by atoms with Crippen LogP contribution in [0.5, 0.6) is 0 Å². The minimum Gasteiger partial charge on any atom is -0.256 e.